The summed E-state index contributed by atoms with van der Waals surface area (Å²) in [5.74, 6) is 0.535. The topological polar surface area (TPSA) is 57.7 Å². The summed E-state index contributed by atoms with van der Waals surface area (Å²) in [5, 5.41) is 8.81. The summed E-state index contributed by atoms with van der Waals surface area (Å²) in [6.45, 7) is 4.74. The Morgan fingerprint density at radius 3 is 2.73 bits per heavy atom. The molecule has 30 heavy (non-hydrogen) atoms. The van der Waals surface area contributed by atoms with Crippen LogP contribution in [0.3, 0.4) is 0 Å². The number of benzene rings is 1. The number of carbonyl (C=O) groups is 1. The molecule has 0 spiro atoms. The second-order valence-corrected chi connectivity index (χ2v) is 9.38. The second-order valence-electron chi connectivity index (χ2n) is 7.05. The zero-order chi connectivity index (χ0) is 20.9. The SMILES string of the molecule is COc1ccc(Cl)cc1NC(=O)CN1CCN(Cc2nc(-c3cccs3)cs2)CC1. The van der Waals surface area contributed by atoms with Crippen LogP contribution in [0.25, 0.3) is 10.6 Å². The van der Waals surface area contributed by atoms with Gasteiger partial charge in [0.2, 0.25) is 5.91 Å². The third kappa shape index (κ3) is 5.39. The summed E-state index contributed by atoms with van der Waals surface area (Å²) in [6, 6.07) is 9.35. The van der Waals surface area contributed by atoms with Gasteiger partial charge in [-0.25, -0.2) is 4.98 Å². The molecule has 0 atom stereocenters. The van der Waals surface area contributed by atoms with Gasteiger partial charge in [-0.15, -0.1) is 22.7 Å². The van der Waals surface area contributed by atoms with Gasteiger partial charge in [0.1, 0.15) is 10.8 Å². The second kappa shape index (κ2) is 9.89. The van der Waals surface area contributed by atoms with Gasteiger partial charge < -0.3 is 10.1 Å². The van der Waals surface area contributed by atoms with Crippen molar-refractivity contribution in [1.82, 2.24) is 14.8 Å². The Balaban J connectivity index is 1.25. The van der Waals surface area contributed by atoms with Gasteiger partial charge in [0, 0.05) is 36.6 Å². The van der Waals surface area contributed by atoms with Gasteiger partial charge in [0.15, 0.2) is 0 Å². The summed E-state index contributed by atoms with van der Waals surface area (Å²) in [5.41, 5.74) is 1.66. The predicted octanol–water partition coefficient (Wildman–Crippen LogP) is 4.29. The number of hydrogen-bond acceptors (Lipinski definition) is 7. The lowest BCUT2D eigenvalue weighted by atomic mass is 10.2. The number of thiazole rings is 1. The number of thiophene rings is 1. The standard InChI is InChI=1S/C21H23ClN4O2S2/c1-28-18-5-4-15(22)11-16(18)23-20(27)12-25-6-8-26(9-7-25)13-21-24-17(14-30-21)19-3-2-10-29-19/h2-5,10-11,14H,6-9,12-13H2,1H3,(H,23,27). The van der Waals surface area contributed by atoms with E-state index in [1.54, 1.807) is 48.0 Å². The molecule has 9 heteroatoms. The lowest BCUT2D eigenvalue weighted by molar-refractivity contribution is -0.117. The monoisotopic (exact) mass is 462 g/mol. The molecule has 1 saturated heterocycles. The van der Waals surface area contributed by atoms with E-state index in [1.807, 2.05) is 0 Å². The minimum Gasteiger partial charge on any atom is -0.495 e. The number of ether oxygens (including phenoxy) is 1. The average Bonchev–Trinajstić information content (AvgIpc) is 3.41. The highest BCUT2D eigenvalue weighted by Crippen LogP contribution is 2.28. The Morgan fingerprint density at radius 2 is 2.00 bits per heavy atom. The van der Waals surface area contributed by atoms with Crippen LogP contribution in [-0.4, -0.2) is 60.5 Å². The number of amides is 1. The molecule has 2 aromatic heterocycles. The van der Waals surface area contributed by atoms with Crippen molar-refractivity contribution in [2.24, 2.45) is 0 Å². The number of rotatable bonds is 7. The van der Waals surface area contributed by atoms with Crippen LogP contribution < -0.4 is 10.1 Å². The summed E-state index contributed by atoms with van der Waals surface area (Å²) in [7, 11) is 1.57. The maximum atomic E-state index is 12.5. The maximum absolute atomic E-state index is 12.5. The van der Waals surface area contributed by atoms with Crippen LogP contribution in [0, 0.1) is 0 Å². The minimum absolute atomic E-state index is 0.0653. The van der Waals surface area contributed by atoms with Gasteiger partial charge in [-0.1, -0.05) is 17.7 Å². The van der Waals surface area contributed by atoms with E-state index < -0.39 is 0 Å². The highest BCUT2D eigenvalue weighted by molar-refractivity contribution is 7.14. The van der Waals surface area contributed by atoms with Gasteiger partial charge >= 0.3 is 0 Å². The van der Waals surface area contributed by atoms with Crippen molar-refractivity contribution in [3.63, 3.8) is 0 Å². The highest BCUT2D eigenvalue weighted by atomic mass is 35.5. The predicted molar refractivity (Wildman–Crippen MR) is 124 cm³/mol. The third-order valence-corrected chi connectivity index (χ3v) is 6.91. The molecule has 0 bridgehead atoms. The van der Waals surface area contributed by atoms with E-state index in [1.165, 1.54) is 4.88 Å². The zero-order valence-electron chi connectivity index (χ0n) is 16.6. The van der Waals surface area contributed by atoms with Gasteiger partial charge in [-0.05, 0) is 29.6 Å². The Bertz CT molecular complexity index is 985. The first-order valence-electron chi connectivity index (χ1n) is 9.67. The summed E-state index contributed by atoms with van der Waals surface area (Å²) in [4.78, 5) is 23.0. The molecule has 1 aliphatic rings. The lowest BCUT2D eigenvalue weighted by Gasteiger charge is -2.33. The van der Waals surface area contributed by atoms with E-state index >= 15 is 0 Å². The lowest BCUT2D eigenvalue weighted by Crippen LogP contribution is -2.48. The molecule has 1 fully saturated rings. The van der Waals surface area contributed by atoms with Crippen LogP contribution in [0.1, 0.15) is 5.01 Å². The van der Waals surface area contributed by atoms with Crippen LogP contribution in [0.15, 0.2) is 41.1 Å². The molecule has 4 rings (SSSR count). The van der Waals surface area contributed by atoms with Gasteiger partial charge in [0.05, 0.1) is 36.5 Å². The number of carbonyl (C=O) groups excluding carboxylic acids is 1. The molecule has 3 heterocycles. The Hall–Kier alpha value is -1.97. The van der Waals surface area contributed by atoms with E-state index in [0.29, 0.717) is 23.0 Å². The molecule has 1 N–H and O–H groups in total. The number of hydrogen-bond donors (Lipinski definition) is 1. The number of anilines is 1. The molecule has 0 saturated carbocycles. The van der Waals surface area contributed by atoms with Crippen molar-refractivity contribution in [1.29, 1.82) is 0 Å². The Kier molecular flexibility index (Phi) is 7.01. The molecule has 0 aliphatic carbocycles. The largest absolute Gasteiger partial charge is 0.495 e. The Labute approximate surface area is 189 Å². The van der Waals surface area contributed by atoms with Crippen LogP contribution in [0.5, 0.6) is 5.75 Å². The zero-order valence-corrected chi connectivity index (χ0v) is 19.0. The van der Waals surface area contributed by atoms with Gasteiger partial charge in [0.25, 0.3) is 0 Å². The van der Waals surface area contributed by atoms with Gasteiger partial charge in [-0.2, -0.15) is 0 Å². The Morgan fingerprint density at radius 1 is 1.20 bits per heavy atom. The van der Waals surface area contributed by atoms with Gasteiger partial charge in [-0.3, -0.25) is 14.6 Å². The molecule has 158 valence electrons. The van der Waals surface area contributed by atoms with E-state index in [0.717, 1.165) is 43.4 Å². The minimum atomic E-state index is -0.0653. The highest BCUT2D eigenvalue weighted by Gasteiger charge is 2.20. The normalized spacial score (nSPS) is 15.3. The first-order chi connectivity index (χ1) is 14.6. The number of nitrogens with zero attached hydrogens (tertiary/aromatic N) is 3. The van der Waals surface area contributed by atoms with Crippen LogP contribution >= 0.6 is 34.3 Å². The van der Waals surface area contributed by atoms with E-state index in [9.17, 15) is 4.79 Å². The number of aromatic nitrogens is 1. The van der Waals surface area contributed by atoms with Crippen molar-refractivity contribution in [2.75, 3.05) is 45.2 Å². The van der Waals surface area contributed by atoms with Crippen molar-refractivity contribution >= 4 is 45.9 Å². The quantitative estimate of drug-likeness (QED) is 0.567. The number of piperazine rings is 1. The smallest absolute Gasteiger partial charge is 0.238 e. The van der Waals surface area contributed by atoms with E-state index in [2.05, 4.69) is 38.0 Å². The molecule has 1 amide bonds. The van der Waals surface area contributed by atoms with Crippen LogP contribution in [0.4, 0.5) is 5.69 Å². The summed E-state index contributed by atoms with van der Waals surface area (Å²) < 4.78 is 5.29. The molecule has 0 radical (unpaired) electrons. The van der Waals surface area contributed by atoms with E-state index in [4.69, 9.17) is 21.3 Å². The average molecular weight is 463 g/mol. The number of nitrogens with one attached hydrogen (secondary N) is 1. The molecular formula is C21H23ClN4O2S2. The van der Waals surface area contributed by atoms with Crippen molar-refractivity contribution in [2.45, 2.75) is 6.54 Å². The van der Waals surface area contributed by atoms with Crippen molar-refractivity contribution in [3.05, 3.63) is 51.1 Å². The summed E-state index contributed by atoms with van der Waals surface area (Å²) in [6.07, 6.45) is 0. The fraction of sp³-hybridized carbons (Fsp3) is 0.333. The van der Waals surface area contributed by atoms with Crippen molar-refractivity contribution in [3.8, 4) is 16.3 Å². The molecule has 3 aromatic rings. The molecular weight excluding hydrogens is 440 g/mol. The fourth-order valence-corrected chi connectivity index (χ4v) is 5.16. The van der Waals surface area contributed by atoms with Crippen LogP contribution in [-0.2, 0) is 11.3 Å². The molecule has 0 unspecified atom stereocenters. The molecule has 1 aliphatic heterocycles. The first kappa shape index (κ1) is 21.3. The number of halogens is 1. The fourth-order valence-electron chi connectivity index (χ4n) is 3.39. The van der Waals surface area contributed by atoms with Crippen molar-refractivity contribution < 1.29 is 9.53 Å². The third-order valence-electron chi connectivity index (χ3n) is 4.95. The summed E-state index contributed by atoms with van der Waals surface area (Å²) >= 11 is 9.46. The maximum Gasteiger partial charge on any atom is 0.238 e. The first-order valence-corrected chi connectivity index (χ1v) is 11.8. The van der Waals surface area contributed by atoms with Crippen LogP contribution in [0.2, 0.25) is 5.02 Å². The van der Waals surface area contributed by atoms with E-state index in [-0.39, 0.29) is 5.91 Å². The molecule has 1 aromatic carbocycles. The number of methoxy groups -OCH3 is 1. The molecule has 6 nitrogen and oxygen atoms in total.